The fraction of sp³-hybridized carbons (Fsp3) is 0.500. The summed E-state index contributed by atoms with van der Waals surface area (Å²) < 4.78 is 1.75. The average Bonchev–Trinajstić information content (AvgIpc) is 3.02. The lowest BCUT2D eigenvalue weighted by Gasteiger charge is -2.32. The summed E-state index contributed by atoms with van der Waals surface area (Å²) in [4.78, 5) is 14.3. The van der Waals surface area contributed by atoms with Crippen LogP contribution in [0.25, 0.3) is 0 Å². The molecular weight excluding hydrogens is 312 g/mol. The highest BCUT2D eigenvalue weighted by Crippen LogP contribution is 2.23. The monoisotopic (exact) mass is 340 g/mol. The van der Waals surface area contributed by atoms with Gasteiger partial charge in [0.05, 0.1) is 6.20 Å². The van der Waals surface area contributed by atoms with E-state index < -0.39 is 0 Å². The Morgan fingerprint density at radius 1 is 1.20 bits per heavy atom. The van der Waals surface area contributed by atoms with Gasteiger partial charge >= 0.3 is 6.03 Å². The first-order chi connectivity index (χ1) is 12.0. The minimum absolute atomic E-state index is 0.0356. The van der Waals surface area contributed by atoms with Gasteiger partial charge in [0.25, 0.3) is 0 Å². The second-order valence-corrected chi connectivity index (χ2v) is 7.23. The predicted molar refractivity (Wildman–Crippen MR) is 99.4 cm³/mol. The van der Waals surface area contributed by atoms with Crippen molar-refractivity contribution in [2.75, 3.05) is 13.1 Å². The summed E-state index contributed by atoms with van der Waals surface area (Å²) in [5.41, 5.74) is 5.16. The van der Waals surface area contributed by atoms with Crippen molar-refractivity contribution in [1.29, 1.82) is 0 Å². The van der Waals surface area contributed by atoms with Gasteiger partial charge in [0.1, 0.15) is 0 Å². The zero-order valence-corrected chi connectivity index (χ0v) is 15.5. The van der Waals surface area contributed by atoms with Crippen molar-refractivity contribution in [1.82, 2.24) is 20.0 Å². The fourth-order valence-corrected chi connectivity index (χ4v) is 3.46. The van der Waals surface area contributed by atoms with Crippen molar-refractivity contribution in [2.45, 2.75) is 39.7 Å². The molecular formula is C20H28N4O. The first-order valence-electron chi connectivity index (χ1n) is 9.07. The number of amides is 2. The lowest BCUT2D eigenvalue weighted by Crippen LogP contribution is -2.44. The molecule has 1 aliphatic heterocycles. The van der Waals surface area contributed by atoms with E-state index in [-0.39, 0.29) is 6.03 Å². The molecule has 2 heterocycles. The van der Waals surface area contributed by atoms with Crippen LogP contribution in [0.5, 0.6) is 0 Å². The molecule has 0 aliphatic carbocycles. The van der Waals surface area contributed by atoms with Crippen LogP contribution in [-0.2, 0) is 20.0 Å². The summed E-state index contributed by atoms with van der Waals surface area (Å²) >= 11 is 0. The number of hydrogen-bond donors (Lipinski definition) is 1. The maximum absolute atomic E-state index is 12.3. The van der Waals surface area contributed by atoms with Crippen LogP contribution in [-0.4, -0.2) is 33.8 Å². The molecule has 1 fully saturated rings. The summed E-state index contributed by atoms with van der Waals surface area (Å²) in [6.07, 6.45) is 6.99. The summed E-state index contributed by atoms with van der Waals surface area (Å²) in [7, 11) is 1.88. The summed E-state index contributed by atoms with van der Waals surface area (Å²) in [6.45, 7) is 6.55. The molecule has 5 nitrogen and oxygen atoms in total. The number of nitrogens with zero attached hydrogens (tertiary/aromatic N) is 3. The van der Waals surface area contributed by atoms with Crippen LogP contribution >= 0.6 is 0 Å². The number of urea groups is 1. The highest BCUT2D eigenvalue weighted by Gasteiger charge is 2.22. The van der Waals surface area contributed by atoms with E-state index in [1.165, 1.54) is 16.7 Å². The number of piperidine rings is 1. The first kappa shape index (κ1) is 17.5. The molecule has 25 heavy (non-hydrogen) atoms. The van der Waals surface area contributed by atoms with Gasteiger partial charge in [-0.15, -0.1) is 0 Å². The van der Waals surface area contributed by atoms with Crippen molar-refractivity contribution in [3.05, 3.63) is 52.8 Å². The van der Waals surface area contributed by atoms with Gasteiger partial charge in [-0.05, 0) is 55.7 Å². The molecule has 2 amide bonds. The zero-order valence-electron chi connectivity index (χ0n) is 15.5. The highest BCUT2D eigenvalue weighted by molar-refractivity contribution is 5.74. The molecule has 1 aromatic carbocycles. The lowest BCUT2D eigenvalue weighted by atomic mass is 9.89. The van der Waals surface area contributed by atoms with Crippen molar-refractivity contribution in [3.8, 4) is 0 Å². The Morgan fingerprint density at radius 2 is 1.96 bits per heavy atom. The standard InChI is InChI=1S/C20H28N4O/c1-15-4-5-18(10-16(15)2)11-17-6-8-24(9-7-17)20(25)21-12-19-13-22-23(3)14-19/h4-5,10,13-14,17H,6-9,11-12H2,1-3H3,(H,21,25). The van der Waals surface area contributed by atoms with Crippen LogP contribution < -0.4 is 5.32 Å². The Bertz CT molecular complexity index is 729. The summed E-state index contributed by atoms with van der Waals surface area (Å²) in [5, 5.41) is 7.11. The van der Waals surface area contributed by atoms with Gasteiger partial charge in [0.2, 0.25) is 0 Å². The maximum Gasteiger partial charge on any atom is 0.317 e. The van der Waals surface area contributed by atoms with Crippen LogP contribution in [0.3, 0.4) is 0 Å². The van der Waals surface area contributed by atoms with E-state index in [4.69, 9.17) is 0 Å². The van der Waals surface area contributed by atoms with Crippen LogP contribution in [0, 0.1) is 19.8 Å². The fourth-order valence-electron chi connectivity index (χ4n) is 3.46. The van der Waals surface area contributed by atoms with Crippen LogP contribution in [0.4, 0.5) is 4.79 Å². The largest absolute Gasteiger partial charge is 0.334 e. The van der Waals surface area contributed by atoms with E-state index in [1.54, 1.807) is 10.9 Å². The predicted octanol–water partition coefficient (Wildman–Crippen LogP) is 3.20. The van der Waals surface area contributed by atoms with Crippen LogP contribution in [0.2, 0.25) is 0 Å². The van der Waals surface area contributed by atoms with Crippen molar-refractivity contribution >= 4 is 6.03 Å². The maximum atomic E-state index is 12.3. The second kappa shape index (κ2) is 7.72. The van der Waals surface area contributed by atoms with E-state index >= 15 is 0 Å². The molecule has 134 valence electrons. The average molecular weight is 340 g/mol. The van der Waals surface area contributed by atoms with E-state index in [0.717, 1.165) is 37.9 Å². The molecule has 0 spiro atoms. The van der Waals surface area contributed by atoms with E-state index in [1.807, 2.05) is 18.1 Å². The van der Waals surface area contributed by atoms with E-state index in [9.17, 15) is 4.79 Å². The molecule has 0 bridgehead atoms. The number of rotatable bonds is 4. The lowest BCUT2D eigenvalue weighted by molar-refractivity contribution is 0.170. The third kappa shape index (κ3) is 4.62. The van der Waals surface area contributed by atoms with Gasteiger partial charge in [-0.1, -0.05) is 18.2 Å². The molecule has 1 aromatic heterocycles. The molecule has 1 saturated heterocycles. The second-order valence-electron chi connectivity index (χ2n) is 7.23. The van der Waals surface area contributed by atoms with E-state index in [2.05, 4.69) is 42.5 Å². The van der Waals surface area contributed by atoms with E-state index in [0.29, 0.717) is 12.5 Å². The van der Waals surface area contributed by atoms with Crippen molar-refractivity contribution in [3.63, 3.8) is 0 Å². The first-order valence-corrected chi connectivity index (χ1v) is 9.07. The Balaban J connectivity index is 1.44. The molecule has 0 unspecified atom stereocenters. The number of aromatic nitrogens is 2. The number of carbonyl (C=O) groups excluding carboxylic acids is 1. The Morgan fingerprint density at radius 3 is 2.60 bits per heavy atom. The molecule has 3 rings (SSSR count). The molecule has 5 heteroatoms. The molecule has 1 N–H and O–H groups in total. The third-order valence-corrected chi connectivity index (χ3v) is 5.20. The van der Waals surface area contributed by atoms with Gasteiger partial charge in [-0.25, -0.2) is 4.79 Å². The SMILES string of the molecule is Cc1ccc(CC2CCN(C(=O)NCc3cnn(C)c3)CC2)cc1C. The number of nitrogens with one attached hydrogen (secondary N) is 1. The quantitative estimate of drug-likeness (QED) is 0.929. The number of hydrogen-bond acceptors (Lipinski definition) is 2. The Hall–Kier alpha value is -2.30. The molecule has 2 aromatic rings. The normalized spacial score (nSPS) is 15.4. The highest BCUT2D eigenvalue weighted by atomic mass is 16.2. The van der Waals surface area contributed by atoms with Gasteiger partial charge in [-0.3, -0.25) is 4.68 Å². The molecule has 0 saturated carbocycles. The number of benzene rings is 1. The summed E-state index contributed by atoms with van der Waals surface area (Å²) in [5.74, 6) is 0.671. The van der Waals surface area contributed by atoms with Crippen LogP contribution in [0.15, 0.2) is 30.6 Å². The summed E-state index contributed by atoms with van der Waals surface area (Å²) in [6, 6.07) is 6.80. The van der Waals surface area contributed by atoms with Crippen LogP contribution in [0.1, 0.15) is 35.1 Å². The number of likely N-dealkylation sites (tertiary alicyclic amines) is 1. The third-order valence-electron chi connectivity index (χ3n) is 5.20. The minimum atomic E-state index is 0.0356. The van der Waals surface area contributed by atoms with Crippen molar-refractivity contribution < 1.29 is 4.79 Å². The zero-order chi connectivity index (χ0) is 17.8. The number of carbonyl (C=O) groups is 1. The van der Waals surface area contributed by atoms with Gasteiger partial charge in [-0.2, -0.15) is 5.10 Å². The van der Waals surface area contributed by atoms with Crippen molar-refractivity contribution in [2.24, 2.45) is 13.0 Å². The number of aryl methyl sites for hydroxylation is 3. The van der Waals surface area contributed by atoms with Gasteiger partial charge in [0, 0.05) is 38.4 Å². The molecule has 0 atom stereocenters. The van der Waals surface area contributed by atoms with Gasteiger partial charge < -0.3 is 10.2 Å². The molecule has 0 radical (unpaired) electrons. The minimum Gasteiger partial charge on any atom is -0.334 e. The van der Waals surface area contributed by atoms with Gasteiger partial charge in [0.15, 0.2) is 0 Å². The smallest absolute Gasteiger partial charge is 0.317 e. The topological polar surface area (TPSA) is 50.2 Å². The molecule has 1 aliphatic rings. The Kier molecular flexibility index (Phi) is 5.41. The Labute approximate surface area is 150 Å².